The zero-order chi connectivity index (χ0) is 13.0. The molecule has 7 nitrogen and oxygen atoms in total. The zero-order valence-electron chi connectivity index (χ0n) is 9.95. The number of nitrogens with one attached hydrogen (secondary N) is 1. The minimum absolute atomic E-state index is 0.138. The smallest absolute Gasteiger partial charge is 0.250 e. The molecule has 2 aromatic rings. The van der Waals surface area contributed by atoms with Gasteiger partial charge in [-0.2, -0.15) is 5.10 Å². The Hall–Kier alpha value is -2.44. The second kappa shape index (κ2) is 5.26. The highest BCUT2D eigenvalue weighted by atomic mass is 16.1. The summed E-state index contributed by atoms with van der Waals surface area (Å²) in [7, 11) is 0. The third kappa shape index (κ3) is 3.03. The second-order valence-electron chi connectivity index (χ2n) is 3.96. The first-order chi connectivity index (χ1) is 8.65. The van der Waals surface area contributed by atoms with Crippen LogP contribution in [-0.2, 0) is 6.54 Å². The Balaban J connectivity index is 1.94. The van der Waals surface area contributed by atoms with Crippen molar-refractivity contribution in [2.45, 2.75) is 19.5 Å². The van der Waals surface area contributed by atoms with Gasteiger partial charge < -0.3 is 11.1 Å². The van der Waals surface area contributed by atoms with E-state index in [9.17, 15) is 4.79 Å². The Morgan fingerprint density at radius 1 is 1.56 bits per heavy atom. The van der Waals surface area contributed by atoms with E-state index in [1.807, 2.05) is 6.92 Å². The molecule has 0 unspecified atom stereocenters. The van der Waals surface area contributed by atoms with Crippen molar-refractivity contribution in [1.82, 2.24) is 19.7 Å². The summed E-state index contributed by atoms with van der Waals surface area (Å²) in [4.78, 5) is 18.9. The van der Waals surface area contributed by atoms with Gasteiger partial charge in [0.25, 0.3) is 0 Å². The number of amides is 1. The van der Waals surface area contributed by atoms with Crippen LogP contribution in [0.1, 0.15) is 17.3 Å². The fraction of sp³-hybridized carbons (Fsp3) is 0.273. The molecule has 0 aromatic carbocycles. The van der Waals surface area contributed by atoms with Crippen molar-refractivity contribution in [3.8, 4) is 0 Å². The molecule has 1 amide bonds. The Morgan fingerprint density at radius 3 is 2.94 bits per heavy atom. The number of nitrogens with zero attached hydrogens (tertiary/aromatic N) is 4. The summed E-state index contributed by atoms with van der Waals surface area (Å²) in [5, 5.41) is 7.21. The lowest BCUT2D eigenvalue weighted by Crippen LogP contribution is -2.23. The van der Waals surface area contributed by atoms with Crippen molar-refractivity contribution in [2.24, 2.45) is 5.73 Å². The van der Waals surface area contributed by atoms with Crippen molar-refractivity contribution >= 4 is 11.7 Å². The highest BCUT2D eigenvalue weighted by molar-refractivity contribution is 5.92. The van der Waals surface area contributed by atoms with Gasteiger partial charge in [0.2, 0.25) is 5.91 Å². The molecule has 7 heteroatoms. The summed E-state index contributed by atoms with van der Waals surface area (Å²) in [5.41, 5.74) is 5.53. The summed E-state index contributed by atoms with van der Waals surface area (Å²) in [6.45, 7) is 2.69. The first-order valence-electron chi connectivity index (χ1n) is 5.50. The molecule has 2 aromatic heterocycles. The average molecular weight is 246 g/mol. The first-order valence-corrected chi connectivity index (χ1v) is 5.50. The Morgan fingerprint density at radius 2 is 2.39 bits per heavy atom. The quantitative estimate of drug-likeness (QED) is 0.789. The molecule has 0 aliphatic carbocycles. The SMILES string of the molecule is C[C@@H](Cn1cncn1)Nc1ccc(C(N)=O)cn1. The second-order valence-corrected chi connectivity index (χ2v) is 3.96. The van der Waals surface area contributed by atoms with Crippen molar-refractivity contribution in [2.75, 3.05) is 5.32 Å². The molecule has 0 aliphatic rings. The van der Waals surface area contributed by atoms with Gasteiger partial charge in [-0.05, 0) is 19.1 Å². The summed E-state index contributed by atoms with van der Waals surface area (Å²) < 4.78 is 1.73. The van der Waals surface area contributed by atoms with Crippen LogP contribution in [0.15, 0.2) is 31.0 Å². The van der Waals surface area contributed by atoms with Gasteiger partial charge in [0.15, 0.2) is 0 Å². The summed E-state index contributed by atoms with van der Waals surface area (Å²) >= 11 is 0. The maximum Gasteiger partial charge on any atom is 0.250 e. The van der Waals surface area contributed by atoms with Crippen LogP contribution in [-0.4, -0.2) is 31.7 Å². The summed E-state index contributed by atoms with van der Waals surface area (Å²) in [6.07, 6.45) is 4.60. The molecule has 94 valence electrons. The minimum Gasteiger partial charge on any atom is -0.366 e. The molecule has 0 spiro atoms. The van der Waals surface area contributed by atoms with Crippen LogP contribution in [0.25, 0.3) is 0 Å². The van der Waals surface area contributed by atoms with Crippen LogP contribution in [0, 0.1) is 0 Å². The number of hydrogen-bond acceptors (Lipinski definition) is 5. The molecular weight excluding hydrogens is 232 g/mol. The largest absolute Gasteiger partial charge is 0.366 e. The molecule has 18 heavy (non-hydrogen) atoms. The molecule has 1 atom stereocenters. The topological polar surface area (TPSA) is 98.7 Å². The first kappa shape index (κ1) is 12.0. The molecule has 2 heterocycles. The number of aromatic nitrogens is 4. The van der Waals surface area contributed by atoms with Crippen molar-refractivity contribution < 1.29 is 4.79 Å². The van der Waals surface area contributed by atoms with E-state index in [-0.39, 0.29) is 6.04 Å². The van der Waals surface area contributed by atoms with Crippen LogP contribution in [0.2, 0.25) is 0 Å². The van der Waals surface area contributed by atoms with Crippen LogP contribution >= 0.6 is 0 Å². The lowest BCUT2D eigenvalue weighted by molar-refractivity contribution is 0.1000. The highest BCUT2D eigenvalue weighted by Gasteiger charge is 2.05. The average Bonchev–Trinajstić information content (AvgIpc) is 2.82. The Kier molecular flexibility index (Phi) is 3.52. The standard InChI is InChI=1S/C11H14N6O/c1-8(5-17-7-13-6-15-17)16-10-3-2-9(4-14-10)11(12)18/h2-4,6-8H,5H2,1H3,(H2,12,18)(H,14,16)/t8-/m0/s1. The van der Waals surface area contributed by atoms with E-state index in [2.05, 4.69) is 20.4 Å². The van der Waals surface area contributed by atoms with Gasteiger partial charge in [-0.15, -0.1) is 0 Å². The molecule has 0 aliphatic heterocycles. The normalized spacial score (nSPS) is 12.1. The molecule has 0 bridgehead atoms. The Bertz CT molecular complexity index is 507. The van der Waals surface area contributed by atoms with E-state index in [1.54, 1.807) is 23.1 Å². The number of nitrogens with two attached hydrogens (primary N) is 1. The van der Waals surface area contributed by atoms with E-state index in [0.717, 1.165) is 0 Å². The number of carbonyl (C=O) groups excluding carboxylic acids is 1. The number of primary amides is 1. The van der Waals surface area contributed by atoms with E-state index in [4.69, 9.17) is 5.73 Å². The van der Waals surface area contributed by atoms with E-state index < -0.39 is 5.91 Å². The number of carbonyl (C=O) groups is 1. The number of hydrogen-bond donors (Lipinski definition) is 2. The molecule has 0 fully saturated rings. The van der Waals surface area contributed by atoms with Crippen molar-refractivity contribution in [1.29, 1.82) is 0 Å². The highest BCUT2D eigenvalue weighted by Crippen LogP contribution is 2.06. The maximum absolute atomic E-state index is 10.9. The molecule has 0 saturated carbocycles. The van der Waals surface area contributed by atoms with E-state index >= 15 is 0 Å². The summed E-state index contributed by atoms with van der Waals surface area (Å²) in [5.74, 6) is 0.206. The van der Waals surface area contributed by atoms with Crippen LogP contribution in [0.5, 0.6) is 0 Å². The molecule has 3 N–H and O–H groups in total. The number of rotatable bonds is 5. The number of anilines is 1. The van der Waals surface area contributed by atoms with E-state index in [1.165, 1.54) is 12.5 Å². The van der Waals surface area contributed by atoms with Crippen LogP contribution in [0.4, 0.5) is 5.82 Å². The predicted molar refractivity (Wildman–Crippen MR) is 65.9 cm³/mol. The third-order valence-electron chi connectivity index (χ3n) is 2.37. The third-order valence-corrected chi connectivity index (χ3v) is 2.37. The van der Waals surface area contributed by atoms with Gasteiger partial charge in [0.1, 0.15) is 18.5 Å². The fourth-order valence-corrected chi connectivity index (χ4v) is 1.53. The van der Waals surface area contributed by atoms with E-state index in [0.29, 0.717) is 17.9 Å². The zero-order valence-corrected chi connectivity index (χ0v) is 9.95. The maximum atomic E-state index is 10.9. The monoisotopic (exact) mass is 246 g/mol. The van der Waals surface area contributed by atoms with Gasteiger partial charge in [-0.1, -0.05) is 0 Å². The van der Waals surface area contributed by atoms with Gasteiger partial charge in [-0.25, -0.2) is 9.97 Å². The minimum atomic E-state index is -0.482. The molecule has 2 rings (SSSR count). The predicted octanol–water partition coefficient (Wildman–Crippen LogP) is 0.273. The number of pyridine rings is 1. The Labute approximate surface area is 104 Å². The van der Waals surface area contributed by atoms with Gasteiger partial charge >= 0.3 is 0 Å². The van der Waals surface area contributed by atoms with Gasteiger partial charge in [0.05, 0.1) is 12.1 Å². The van der Waals surface area contributed by atoms with Crippen LogP contribution < -0.4 is 11.1 Å². The van der Waals surface area contributed by atoms with Crippen molar-refractivity contribution in [3.63, 3.8) is 0 Å². The molecule has 0 radical (unpaired) electrons. The van der Waals surface area contributed by atoms with Crippen LogP contribution in [0.3, 0.4) is 0 Å². The molecule has 0 saturated heterocycles. The lowest BCUT2D eigenvalue weighted by atomic mass is 10.2. The lowest BCUT2D eigenvalue weighted by Gasteiger charge is -2.14. The van der Waals surface area contributed by atoms with Gasteiger partial charge in [0, 0.05) is 12.2 Å². The molecular formula is C11H14N6O. The fourth-order valence-electron chi connectivity index (χ4n) is 1.53. The van der Waals surface area contributed by atoms with Gasteiger partial charge in [-0.3, -0.25) is 9.48 Å². The van der Waals surface area contributed by atoms with Crippen molar-refractivity contribution in [3.05, 3.63) is 36.5 Å². The summed E-state index contributed by atoms with van der Waals surface area (Å²) in [6, 6.07) is 3.50.